The fraction of sp³-hybridized carbons (Fsp3) is 0.600. The summed E-state index contributed by atoms with van der Waals surface area (Å²) in [6.07, 6.45) is 5.10. The van der Waals surface area contributed by atoms with Gasteiger partial charge in [0.1, 0.15) is 18.3 Å². The summed E-state index contributed by atoms with van der Waals surface area (Å²) < 4.78 is 17.3. The van der Waals surface area contributed by atoms with Crippen LogP contribution >= 0.6 is 0 Å². The molecule has 0 aromatic rings. The Labute approximate surface area is 148 Å². The molecule has 2 heterocycles. The van der Waals surface area contributed by atoms with Crippen LogP contribution in [0.1, 0.15) is 47.0 Å². The molecule has 3 rings (SSSR count). The molecule has 0 amide bonds. The van der Waals surface area contributed by atoms with Crippen molar-refractivity contribution in [3.8, 4) is 0 Å². The van der Waals surface area contributed by atoms with Crippen molar-refractivity contribution >= 4 is 11.9 Å². The van der Waals surface area contributed by atoms with Crippen LogP contribution in [0.5, 0.6) is 0 Å². The lowest BCUT2D eigenvalue weighted by Gasteiger charge is -2.28. The minimum Gasteiger partial charge on any atom is -0.458 e. The van der Waals surface area contributed by atoms with Crippen molar-refractivity contribution < 1.29 is 23.8 Å². The molecule has 2 aliphatic heterocycles. The molecule has 0 bridgehead atoms. The molecule has 1 aliphatic carbocycles. The minimum absolute atomic E-state index is 0.170. The quantitative estimate of drug-likeness (QED) is 0.332. The molecular weight excluding hydrogens is 320 g/mol. The normalized spacial score (nSPS) is 40.3. The van der Waals surface area contributed by atoms with Gasteiger partial charge in [0.15, 0.2) is 0 Å². The second-order valence-electron chi connectivity index (χ2n) is 7.48. The van der Waals surface area contributed by atoms with E-state index in [-0.39, 0.29) is 23.6 Å². The number of hydrogen-bond donors (Lipinski definition) is 0. The molecule has 0 radical (unpaired) electrons. The average Bonchev–Trinajstić information content (AvgIpc) is 3.13. The first-order chi connectivity index (χ1) is 11.8. The van der Waals surface area contributed by atoms with Gasteiger partial charge in [0, 0.05) is 17.6 Å². The van der Waals surface area contributed by atoms with Gasteiger partial charge in [-0.3, -0.25) is 0 Å². The Morgan fingerprint density at radius 2 is 2.20 bits per heavy atom. The van der Waals surface area contributed by atoms with E-state index in [1.54, 1.807) is 19.9 Å². The Morgan fingerprint density at radius 3 is 2.88 bits per heavy atom. The molecular formula is C20H26O5. The Morgan fingerprint density at radius 1 is 1.48 bits per heavy atom. The number of ether oxygens (including phenoxy) is 3. The predicted octanol–water partition coefficient (Wildman–Crippen LogP) is 3.25. The molecule has 136 valence electrons. The van der Waals surface area contributed by atoms with E-state index in [0.717, 1.165) is 18.4 Å². The maximum atomic E-state index is 12.3. The molecule has 0 saturated carbocycles. The van der Waals surface area contributed by atoms with Gasteiger partial charge >= 0.3 is 11.9 Å². The Hall–Kier alpha value is -1.88. The van der Waals surface area contributed by atoms with Crippen LogP contribution in [0.25, 0.3) is 0 Å². The van der Waals surface area contributed by atoms with Crippen LogP contribution in [-0.2, 0) is 23.8 Å². The summed E-state index contributed by atoms with van der Waals surface area (Å²) in [7, 11) is 0. The second kappa shape index (κ2) is 6.45. The molecule has 0 spiro atoms. The number of carbonyl (C=O) groups is 2. The molecule has 2 fully saturated rings. The van der Waals surface area contributed by atoms with Crippen molar-refractivity contribution in [2.24, 2.45) is 5.92 Å². The highest BCUT2D eigenvalue weighted by Crippen LogP contribution is 2.50. The molecule has 0 N–H and O–H groups in total. The van der Waals surface area contributed by atoms with Crippen LogP contribution in [0, 0.1) is 5.92 Å². The second-order valence-corrected chi connectivity index (χ2v) is 7.48. The number of fused-ring (bicyclic) bond motifs is 3. The average molecular weight is 346 g/mol. The molecule has 0 aromatic carbocycles. The molecule has 5 heteroatoms. The van der Waals surface area contributed by atoms with E-state index in [2.05, 4.69) is 12.7 Å². The van der Waals surface area contributed by atoms with Gasteiger partial charge in [-0.1, -0.05) is 24.3 Å². The van der Waals surface area contributed by atoms with Crippen molar-refractivity contribution in [2.45, 2.75) is 70.9 Å². The van der Waals surface area contributed by atoms with Crippen LogP contribution < -0.4 is 0 Å². The Kier molecular flexibility index (Phi) is 4.62. The number of epoxide rings is 1. The lowest BCUT2D eigenvalue weighted by Crippen LogP contribution is -2.38. The van der Waals surface area contributed by atoms with Crippen molar-refractivity contribution in [3.05, 3.63) is 35.5 Å². The number of esters is 2. The first-order valence-electron chi connectivity index (χ1n) is 8.84. The first kappa shape index (κ1) is 17.9. The predicted molar refractivity (Wildman–Crippen MR) is 92.7 cm³/mol. The fourth-order valence-electron chi connectivity index (χ4n) is 3.76. The third-order valence-corrected chi connectivity index (χ3v) is 5.57. The van der Waals surface area contributed by atoms with Crippen LogP contribution in [0.4, 0.5) is 0 Å². The van der Waals surface area contributed by atoms with E-state index in [9.17, 15) is 9.59 Å². The van der Waals surface area contributed by atoms with Crippen molar-refractivity contribution in [1.29, 1.82) is 0 Å². The van der Waals surface area contributed by atoms with Crippen molar-refractivity contribution in [2.75, 3.05) is 0 Å². The van der Waals surface area contributed by atoms with Gasteiger partial charge in [0.05, 0.1) is 11.5 Å². The number of carbonyl (C=O) groups excluding carboxylic acids is 2. The summed E-state index contributed by atoms with van der Waals surface area (Å²) in [4.78, 5) is 24.5. The van der Waals surface area contributed by atoms with E-state index < -0.39 is 18.2 Å². The smallest absolute Gasteiger partial charge is 0.334 e. The zero-order valence-electron chi connectivity index (χ0n) is 15.3. The van der Waals surface area contributed by atoms with Gasteiger partial charge in [-0.2, -0.15) is 0 Å². The van der Waals surface area contributed by atoms with Gasteiger partial charge in [0.25, 0.3) is 0 Å². The van der Waals surface area contributed by atoms with Gasteiger partial charge in [-0.15, -0.1) is 0 Å². The van der Waals surface area contributed by atoms with Crippen LogP contribution in [0.3, 0.4) is 0 Å². The van der Waals surface area contributed by atoms with E-state index in [1.165, 1.54) is 0 Å². The van der Waals surface area contributed by atoms with E-state index in [4.69, 9.17) is 14.2 Å². The highest BCUT2D eigenvalue weighted by atomic mass is 16.6. The van der Waals surface area contributed by atoms with Crippen molar-refractivity contribution in [3.63, 3.8) is 0 Å². The summed E-state index contributed by atoms with van der Waals surface area (Å²) in [6.45, 7) is 11.5. The van der Waals surface area contributed by atoms with E-state index >= 15 is 0 Å². The SMILES string of the molecule is C=C1C(=O)O[C@H]2[C@H]1[C@H](OC(=O)/C(C)=C/C)C/C(C)=C/CC[C@@]1(C)O[C@@H]21. The third kappa shape index (κ3) is 3.30. The van der Waals surface area contributed by atoms with Gasteiger partial charge in [-0.05, 0) is 40.5 Å². The summed E-state index contributed by atoms with van der Waals surface area (Å²) in [5.74, 6) is -1.17. The van der Waals surface area contributed by atoms with Crippen LogP contribution in [-0.4, -0.2) is 35.9 Å². The van der Waals surface area contributed by atoms with Gasteiger partial charge in [0.2, 0.25) is 0 Å². The van der Waals surface area contributed by atoms with E-state index in [1.807, 2.05) is 13.8 Å². The molecule has 5 atom stereocenters. The van der Waals surface area contributed by atoms with Crippen LogP contribution in [0.15, 0.2) is 35.5 Å². The van der Waals surface area contributed by atoms with Gasteiger partial charge in [-0.25, -0.2) is 9.59 Å². The standard InChI is InChI=1S/C20H26O5/c1-6-12(3)18(21)23-14-10-11(2)8-7-9-20(5)17(25-20)16-15(14)13(4)19(22)24-16/h6,8,14-17H,4,7,9-10H2,1-3,5H3/b11-8+,12-6+/t14-,15-,16+,17+,20-/m1/s1. The lowest BCUT2D eigenvalue weighted by molar-refractivity contribution is -0.148. The maximum Gasteiger partial charge on any atom is 0.334 e. The Bertz CT molecular complexity index is 674. The largest absolute Gasteiger partial charge is 0.458 e. The van der Waals surface area contributed by atoms with Crippen LogP contribution in [0.2, 0.25) is 0 Å². The van der Waals surface area contributed by atoms with Gasteiger partial charge < -0.3 is 14.2 Å². The first-order valence-corrected chi connectivity index (χ1v) is 8.84. The topological polar surface area (TPSA) is 65.1 Å². The molecule has 5 nitrogen and oxygen atoms in total. The number of rotatable bonds is 2. The highest BCUT2D eigenvalue weighted by Gasteiger charge is 2.63. The number of hydrogen-bond acceptors (Lipinski definition) is 5. The number of allylic oxidation sites excluding steroid dienone is 2. The molecule has 0 aromatic heterocycles. The lowest BCUT2D eigenvalue weighted by atomic mass is 9.82. The highest BCUT2D eigenvalue weighted by molar-refractivity contribution is 5.91. The zero-order chi connectivity index (χ0) is 18.4. The summed E-state index contributed by atoms with van der Waals surface area (Å²) in [5, 5.41) is 0. The maximum absolute atomic E-state index is 12.3. The van der Waals surface area contributed by atoms with E-state index in [0.29, 0.717) is 17.6 Å². The van der Waals surface area contributed by atoms with Crippen molar-refractivity contribution in [1.82, 2.24) is 0 Å². The minimum atomic E-state index is -0.492. The molecule has 0 unspecified atom stereocenters. The summed E-state index contributed by atoms with van der Waals surface area (Å²) in [6, 6.07) is 0. The fourth-order valence-corrected chi connectivity index (χ4v) is 3.76. The summed E-state index contributed by atoms with van der Waals surface area (Å²) in [5.41, 5.74) is 1.74. The Balaban J connectivity index is 1.94. The summed E-state index contributed by atoms with van der Waals surface area (Å²) >= 11 is 0. The monoisotopic (exact) mass is 346 g/mol. The zero-order valence-corrected chi connectivity index (χ0v) is 15.3. The third-order valence-electron chi connectivity index (χ3n) is 5.57. The molecule has 25 heavy (non-hydrogen) atoms. The molecule has 2 saturated heterocycles. The molecule has 3 aliphatic rings.